The molecule has 4 heteroatoms. The first-order valence-corrected chi connectivity index (χ1v) is 6.60. The van der Waals surface area contributed by atoms with Crippen LogP contribution in [0.4, 0.5) is 0 Å². The van der Waals surface area contributed by atoms with Gasteiger partial charge in [0.15, 0.2) is 0 Å². The topological polar surface area (TPSA) is 50.1 Å². The molecule has 0 amide bonds. The third-order valence-corrected chi connectivity index (χ3v) is 3.16. The molecular formula is C15H21N3O. The molecule has 1 aromatic heterocycles. The van der Waals surface area contributed by atoms with Gasteiger partial charge in [0.25, 0.3) is 0 Å². The van der Waals surface area contributed by atoms with Gasteiger partial charge in [0.05, 0.1) is 12.6 Å². The number of nitrogens with zero attached hydrogens (tertiary/aromatic N) is 2. The summed E-state index contributed by atoms with van der Waals surface area (Å²) in [5.74, 6) is 0. The monoisotopic (exact) mass is 259 g/mol. The molecule has 19 heavy (non-hydrogen) atoms. The average Bonchev–Trinajstić information content (AvgIpc) is 2.88. The molecule has 0 saturated heterocycles. The lowest BCUT2D eigenvalue weighted by Crippen LogP contribution is -2.32. The second-order valence-corrected chi connectivity index (χ2v) is 4.93. The van der Waals surface area contributed by atoms with Crippen molar-refractivity contribution in [3.63, 3.8) is 0 Å². The zero-order valence-corrected chi connectivity index (χ0v) is 11.5. The van der Waals surface area contributed by atoms with Gasteiger partial charge in [0, 0.05) is 25.0 Å². The van der Waals surface area contributed by atoms with Crippen molar-refractivity contribution in [2.24, 2.45) is 0 Å². The SMILES string of the molecule is Cc1cccc([C@@H](C)NCC(O)Cn2cccn2)c1. The van der Waals surface area contributed by atoms with Gasteiger partial charge in [-0.15, -0.1) is 0 Å². The molecule has 0 saturated carbocycles. The summed E-state index contributed by atoms with van der Waals surface area (Å²) in [5.41, 5.74) is 2.49. The Balaban J connectivity index is 1.81. The first kappa shape index (κ1) is 13.8. The van der Waals surface area contributed by atoms with E-state index in [1.807, 2.05) is 12.3 Å². The molecule has 1 heterocycles. The number of aliphatic hydroxyl groups is 1. The van der Waals surface area contributed by atoms with Gasteiger partial charge in [0.1, 0.15) is 0 Å². The molecule has 2 atom stereocenters. The van der Waals surface area contributed by atoms with Gasteiger partial charge in [-0.1, -0.05) is 29.8 Å². The molecule has 2 N–H and O–H groups in total. The Labute approximate surface area is 114 Å². The van der Waals surface area contributed by atoms with Crippen LogP contribution in [0.5, 0.6) is 0 Å². The van der Waals surface area contributed by atoms with Crippen molar-refractivity contribution in [2.45, 2.75) is 32.5 Å². The van der Waals surface area contributed by atoms with Gasteiger partial charge in [-0.2, -0.15) is 5.10 Å². The van der Waals surface area contributed by atoms with E-state index in [-0.39, 0.29) is 6.04 Å². The van der Waals surface area contributed by atoms with Crippen molar-refractivity contribution in [3.05, 3.63) is 53.9 Å². The minimum Gasteiger partial charge on any atom is -0.390 e. The van der Waals surface area contributed by atoms with Crippen LogP contribution in [0.25, 0.3) is 0 Å². The summed E-state index contributed by atoms with van der Waals surface area (Å²) >= 11 is 0. The molecule has 0 fully saturated rings. The smallest absolute Gasteiger partial charge is 0.0860 e. The van der Waals surface area contributed by atoms with E-state index in [1.54, 1.807) is 10.9 Å². The van der Waals surface area contributed by atoms with Crippen molar-refractivity contribution in [2.75, 3.05) is 6.54 Å². The van der Waals surface area contributed by atoms with Crippen LogP contribution in [0.2, 0.25) is 0 Å². The lowest BCUT2D eigenvalue weighted by atomic mass is 10.1. The van der Waals surface area contributed by atoms with Gasteiger partial charge in [-0.25, -0.2) is 0 Å². The Bertz CT molecular complexity index is 496. The summed E-state index contributed by atoms with van der Waals surface area (Å²) in [6.07, 6.45) is 3.13. The van der Waals surface area contributed by atoms with Crippen LogP contribution in [0.1, 0.15) is 24.1 Å². The van der Waals surface area contributed by atoms with Crippen LogP contribution in [-0.4, -0.2) is 27.5 Å². The summed E-state index contributed by atoms with van der Waals surface area (Å²) in [6, 6.07) is 10.5. The minimum absolute atomic E-state index is 0.229. The molecule has 0 aliphatic rings. The quantitative estimate of drug-likeness (QED) is 0.833. The molecule has 1 unspecified atom stereocenters. The van der Waals surface area contributed by atoms with E-state index in [4.69, 9.17) is 0 Å². The van der Waals surface area contributed by atoms with Crippen LogP contribution in [-0.2, 0) is 6.54 Å². The molecule has 0 spiro atoms. The first-order valence-electron chi connectivity index (χ1n) is 6.60. The molecule has 2 rings (SSSR count). The predicted octanol–water partition coefficient (Wildman–Crippen LogP) is 1.90. The fourth-order valence-electron chi connectivity index (χ4n) is 2.06. The largest absolute Gasteiger partial charge is 0.390 e. The summed E-state index contributed by atoms with van der Waals surface area (Å²) in [4.78, 5) is 0. The highest BCUT2D eigenvalue weighted by molar-refractivity contribution is 5.24. The van der Waals surface area contributed by atoms with Crippen molar-refractivity contribution in [3.8, 4) is 0 Å². The maximum Gasteiger partial charge on any atom is 0.0860 e. The van der Waals surface area contributed by atoms with E-state index in [9.17, 15) is 5.11 Å². The molecule has 102 valence electrons. The fraction of sp³-hybridized carbons (Fsp3) is 0.400. The van der Waals surface area contributed by atoms with Crippen molar-refractivity contribution < 1.29 is 5.11 Å². The van der Waals surface area contributed by atoms with E-state index in [1.165, 1.54) is 11.1 Å². The molecule has 0 aliphatic carbocycles. The Morgan fingerprint density at radius 2 is 2.21 bits per heavy atom. The number of aliphatic hydroxyl groups excluding tert-OH is 1. The number of benzene rings is 1. The minimum atomic E-state index is -0.438. The Morgan fingerprint density at radius 1 is 1.37 bits per heavy atom. The number of aryl methyl sites for hydroxylation is 1. The molecule has 0 aliphatic heterocycles. The normalized spacial score (nSPS) is 14.3. The number of aromatic nitrogens is 2. The summed E-state index contributed by atoms with van der Waals surface area (Å²) in [7, 11) is 0. The third kappa shape index (κ3) is 4.19. The number of rotatable bonds is 6. The first-order chi connectivity index (χ1) is 9.15. The van der Waals surface area contributed by atoms with Crippen molar-refractivity contribution in [1.82, 2.24) is 15.1 Å². The van der Waals surface area contributed by atoms with Crippen molar-refractivity contribution >= 4 is 0 Å². The highest BCUT2D eigenvalue weighted by atomic mass is 16.3. The van der Waals surface area contributed by atoms with E-state index in [2.05, 4.69) is 48.5 Å². The zero-order valence-electron chi connectivity index (χ0n) is 11.5. The maximum atomic E-state index is 9.95. The maximum absolute atomic E-state index is 9.95. The van der Waals surface area contributed by atoms with E-state index in [0.717, 1.165) is 0 Å². The van der Waals surface area contributed by atoms with Crippen LogP contribution >= 0.6 is 0 Å². The molecule has 4 nitrogen and oxygen atoms in total. The van der Waals surface area contributed by atoms with Crippen LogP contribution < -0.4 is 5.32 Å². The second-order valence-electron chi connectivity index (χ2n) is 4.93. The van der Waals surface area contributed by atoms with Gasteiger partial charge >= 0.3 is 0 Å². The zero-order chi connectivity index (χ0) is 13.7. The second kappa shape index (κ2) is 6.50. The molecular weight excluding hydrogens is 238 g/mol. The predicted molar refractivity (Wildman–Crippen MR) is 75.8 cm³/mol. The Hall–Kier alpha value is -1.65. The average molecular weight is 259 g/mol. The van der Waals surface area contributed by atoms with Crippen LogP contribution in [0.15, 0.2) is 42.7 Å². The summed E-state index contributed by atoms with van der Waals surface area (Å²) < 4.78 is 1.74. The Morgan fingerprint density at radius 3 is 2.89 bits per heavy atom. The number of hydrogen-bond donors (Lipinski definition) is 2. The van der Waals surface area contributed by atoms with Crippen LogP contribution in [0.3, 0.4) is 0 Å². The Kier molecular flexibility index (Phi) is 4.71. The lowest BCUT2D eigenvalue weighted by Gasteiger charge is -2.18. The molecule has 2 aromatic rings. The molecule has 1 aromatic carbocycles. The number of nitrogens with one attached hydrogen (secondary N) is 1. The van der Waals surface area contributed by atoms with Gasteiger partial charge in [0.2, 0.25) is 0 Å². The van der Waals surface area contributed by atoms with E-state index < -0.39 is 6.10 Å². The van der Waals surface area contributed by atoms with Crippen molar-refractivity contribution in [1.29, 1.82) is 0 Å². The van der Waals surface area contributed by atoms with Crippen LogP contribution in [0, 0.1) is 6.92 Å². The standard InChI is InChI=1S/C15H21N3O/c1-12-5-3-6-14(9-12)13(2)16-10-15(19)11-18-8-4-7-17-18/h3-9,13,15-16,19H,10-11H2,1-2H3/t13-,15?/m1/s1. The molecule has 0 radical (unpaired) electrons. The molecule has 0 bridgehead atoms. The lowest BCUT2D eigenvalue weighted by molar-refractivity contribution is 0.143. The third-order valence-electron chi connectivity index (χ3n) is 3.16. The highest BCUT2D eigenvalue weighted by Gasteiger charge is 2.09. The summed E-state index contributed by atoms with van der Waals surface area (Å²) in [6.45, 7) is 5.26. The van der Waals surface area contributed by atoms with Gasteiger partial charge in [-0.3, -0.25) is 4.68 Å². The van der Waals surface area contributed by atoms with E-state index in [0.29, 0.717) is 13.1 Å². The summed E-state index contributed by atoms with van der Waals surface area (Å²) in [5, 5.41) is 17.4. The van der Waals surface area contributed by atoms with Gasteiger partial charge < -0.3 is 10.4 Å². The highest BCUT2D eigenvalue weighted by Crippen LogP contribution is 2.13. The van der Waals surface area contributed by atoms with Gasteiger partial charge in [-0.05, 0) is 25.5 Å². The van der Waals surface area contributed by atoms with E-state index >= 15 is 0 Å². The fourth-order valence-corrected chi connectivity index (χ4v) is 2.06. The number of hydrogen-bond acceptors (Lipinski definition) is 3.